The van der Waals surface area contributed by atoms with E-state index in [9.17, 15) is 4.79 Å². The van der Waals surface area contributed by atoms with Crippen molar-refractivity contribution in [2.24, 2.45) is 5.92 Å². The summed E-state index contributed by atoms with van der Waals surface area (Å²) in [5.74, 6) is 0.924. The van der Waals surface area contributed by atoms with Crippen LogP contribution in [0.2, 0.25) is 0 Å². The number of aromatic amines is 1. The van der Waals surface area contributed by atoms with Gasteiger partial charge in [-0.15, -0.1) is 0 Å². The summed E-state index contributed by atoms with van der Waals surface area (Å²) in [7, 11) is 0. The molecule has 2 heterocycles. The Morgan fingerprint density at radius 2 is 1.83 bits per heavy atom. The van der Waals surface area contributed by atoms with Gasteiger partial charge >= 0.3 is 0 Å². The summed E-state index contributed by atoms with van der Waals surface area (Å²) in [6.45, 7) is 2.39. The summed E-state index contributed by atoms with van der Waals surface area (Å²) in [6, 6.07) is 8.13. The molecule has 1 aromatic heterocycles. The van der Waals surface area contributed by atoms with Crippen molar-refractivity contribution in [3.63, 3.8) is 0 Å². The van der Waals surface area contributed by atoms with Crippen LogP contribution >= 0.6 is 0 Å². The molecule has 0 bridgehead atoms. The van der Waals surface area contributed by atoms with Crippen LogP contribution in [0.4, 0.5) is 0 Å². The zero-order chi connectivity index (χ0) is 15.9. The van der Waals surface area contributed by atoms with Gasteiger partial charge in [0.1, 0.15) is 0 Å². The van der Waals surface area contributed by atoms with Gasteiger partial charge in [-0.2, -0.15) is 0 Å². The Hall–Kier alpha value is -1.61. The molecule has 124 valence electrons. The number of rotatable bonds is 5. The zero-order valence-electron chi connectivity index (χ0n) is 13.9. The van der Waals surface area contributed by atoms with Crippen molar-refractivity contribution in [1.82, 2.24) is 10.3 Å². The van der Waals surface area contributed by atoms with Gasteiger partial charge < -0.3 is 10.3 Å². The third kappa shape index (κ3) is 4.44. The fraction of sp³-hybridized carbons (Fsp3) is 0.550. The highest BCUT2D eigenvalue weighted by Gasteiger charge is 2.11. The van der Waals surface area contributed by atoms with Crippen LogP contribution in [0, 0.1) is 5.92 Å². The Kier molecular flexibility index (Phi) is 5.87. The molecule has 3 heteroatoms. The predicted octanol–water partition coefficient (Wildman–Crippen LogP) is 4.02. The summed E-state index contributed by atoms with van der Waals surface area (Å²) in [4.78, 5) is 14.6. The Labute approximate surface area is 138 Å². The lowest BCUT2D eigenvalue weighted by Crippen LogP contribution is -2.21. The van der Waals surface area contributed by atoms with Gasteiger partial charge in [0.15, 0.2) is 0 Å². The quantitative estimate of drug-likeness (QED) is 0.819. The number of hydrogen-bond donors (Lipinski definition) is 2. The van der Waals surface area contributed by atoms with Crippen LogP contribution in [-0.2, 0) is 6.42 Å². The van der Waals surface area contributed by atoms with Gasteiger partial charge in [-0.1, -0.05) is 25.0 Å². The molecule has 0 unspecified atom stereocenters. The van der Waals surface area contributed by atoms with E-state index in [0.29, 0.717) is 0 Å². The van der Waals surface area contributed by atoms with Gasteiger partial charge in [0, 0.05) is 11.6 Å². The lowest BCUT2D eigenvalue weighted by atomic mass is 9.90. The van der Waals surface area contributed by atoms with E-state index in [1.165, 1.54) is 63.6 Å². The second-order valence-corrected chi connectivity index (χ2v) is 6.83. The molecule has 3 nitrogen and oxygen atoms in total. The van der Waals surface area contributed by atoms with E-state index in [2.05, 4.69) is 16.4 Å². The van der Waals surface area contributed by atoms with Crippen molar-refractivity contribution in [2.75, 3.05) is 13.1 Å². The molecular formula is C20H28N2O. The van der Waals surface area contributed by atoms with Gasteiger partial charge in [0.25, 0.3) is 5.56 Å². The highest BCUT2D eigenvalue weighted by molar-refractivity contribution is 5.84. The number of fused-ring (bicyclic) bond motifs is 1. The molecule has 0 atom stereocenters. The molecule has 23 heavy (non-hydrogen) atoms. The highest BCUT2D eigenvalue weighted by Crippen LogP contribution is 2.23. The first-order valence-electron chi connectivity index (χ1n) is 9.14. The first-order valence-corrected chi connectivity index (χ1v) is 9.14. The second kappa shape index (κ2) is 8.30. The Bertz CT molecular complexity index is 669. The van der Waals surface area contributed by atoms with Gasteiger partial charge in [0.2, 0.25) is 0 Å². The summed E-state index contributed by atoms with van der Waals surface area (Å²) in [5.41, 5.74) is 1.34. The molecule has 1 fully saturated rings. The molecule has 0 saturated carbocycles. The summed E-state index contributed by atoms with van der Waals surface area (Å²) in [5, 5.41) is 5.43. The monoisotopic (exact) mass is 312 g/mol. The number of hydrogen-bond acceptors (Lipinski definition) is 2. The van der Waals surface area contributed by atoms with Crippen LogP contribution < -0.4 is 10.9 Å². The molecule has 1 aromatic carbocycles. The largest absolute Gasteiger partial charge is 0.329 e. The second-order valence-electron chi connectivity index (χ2n) is 6.83. The maximum absolute atomic E-state index is 11.9. The van der Waals surface area contributed by atoms with E-state index in [-0.39, 0.29) is 5.56 Å². The van der Waals surface area contributed by atoms with E-state index in [0.717, 1.165) is 23.1 Å². The predicted molar refractivity (Wildman–Crippen MR) is 97.0 cm³/mol. The van der Waals surface area contributed by atoms with Crippen molar-refractivity contribution in [3.05, 3.63) is 46.4 Å². The molecule has 1 aliphatic rings. The number of nitrogens with one attached hydrogen (secondary N) is 2. The van der Waals surface area contributed by atoms with Crippen molar-refractivity contribution in [2.45, 2.75) is 51.4 Å². The maximum Gasteiger partial charge on any atom is 0.255 e. The van der Waals surface area contributed by atoms with E-state index < -0.39 is 0 Å². The van der Waals surface area contributed by atoms with Crippen molar-refractivity contribution in [3.8, 4) is 0 Å². The normalized spacial score (nSPS) is 17.0. The van der Waals surface area contributed by atoms with Gasteiger partial charge in [-0.05, 0) is 80.6 Å². The molecule has 0 spiro atoms. The minimum Gasteiger partial charge on any atom is -0.329 e. The number of H-pyrrole nitrogens is 1. The highest BCUT2D eigenvalue weighted by atomic mass is 16.1. The van der Waals surface area contributed by atoms with E-state index in [1.54, 1.807) is 6.20 Å². The van der Waals surface area contributed by atoms with Crippen LogP contribution in [0.1, 0.15) is 50.5 Å². The first-order chi connectivity index (χ1) is 11.3. The minimum atomic E-state index is 0.0208. The number of aromatic nitrogens is 1. The third-order valence-electron chi connectivity index (χ3n) is 5.15. The van der Waals surface area contributed by atoms with Gasteiger partial charge in [-0.3, -0.25) is 4.79 Å². The van der Waals surface area contributed by atoms with Crippen LogP contribution in [0.15, 0.2) is 35.3 Å². The smallest absolute Gasteiger partial charge is 0.255 e. The molecule has 1 saturated heterocycles. The fourth-order valence-electron chi connectivity index (χ4n) is 3.84. The SMILES string of the molecule is O=c1[nH]ccc2c(CCCCC3CCCNCCC3)cccc12. The van der Waals surface area contributed by atoms with Crippen LogP contribution in [0.25, 0.3) is 10.8 Å². The summed E-state index contributed by atoms with van der Waals surface area (Å²) >= 11 is 0. The lowest BCUT2D eigenvalue weighted by Gasteiger charge is -2.20. The van der Waals surface area contributed by atoms with Crippen LogP contribution in [0.3, 0.4) is 0 Å². The van der Waals surface area contributed by atoms with Crippen molar-refractivity contribution in [1.29, 1.82) is 0 Å². The van der Waals surface area contributed by atoms with Gasteiger partial charge in [-0.25, -0.2) is 0 Å². The molecule has 0 aliphatic carbocycles. The van der Waals surface area contributed by atoms with Gasteiger partial charge in [0.05, 0.1) is 0 Å². The zero-order valence-corrected chi connectivity index (χ0v) is 13.9. The first kappa shape index (κ1) is 16.3. The third-order valence-corrected chi connectivity index (χ3v) is 5.15. The number of aryl methyl sites for hydroxylation is 1. The molecule has 2 N–H and O–H groups in total. The molecule has 0 amide bonds. The van der Waals surface area contributed by atoms with Crippen molar-refractivity contribution < 1.29 is 0 Å². The number of pyridine rings is 1. The Morgan fingerprint density at radius 1 is 1.00 bits per heavy atom. The van der Waals surface area contributed by atoms with Crippen LogP contribution in [-0.4, -0.2) is 18.1 Å². The molecule has 0 radical (unpaired) electrons. The van der Waals surface area contributed by atoms with E-state index in [1.807, 2.05) is 18.2 Å². The van der Waals surface area contributed by atoms with Crippen molar-refractivity contribution >= 4 is 10.8 Å². The number of unbranched alkanes of at least 4 members (excludes halogenated alkanes) is 1. The fourth-order valence-corrected chi connectivity index (χ4v) is 3.84. The molecule has 1 aliphatic heterocycles. The lowest BCUT2D eigenvalue weighted by molar-refractivity contribution is 0.356. The average molecular weight is 312 g/mol. The molecule has 2 aromatic rings. The minimum absolute atomic E-state index is 0.0208. The van der Waals surface area contributed by atoms with E-state index >= 15 is 0 Å². The maximum atomic E-state index is 11.9. The van der Waals surface area contributed by atoms with Crippen LogP contribution in [0.5, 0.6) is 0 Å². The van der Waals surface area contributed by atoms with E-state index in [4.69, 9.17) is 0 Å². The molecule has 3 rings (SSSR count). The topological polar surface area (TPSA) is 44.9 Å². The summed E-state index contributed by atoms with van der Waals surface area (Å²) < 4.78 is 0. The average Bonchev–Trinajstić information content (AvgIpc) is 2.54. The Morgan fingerprint density at radius 3 is 2.65 bits per heavy atom. The Balaban J connectivity index is 1.53. The molecular weight excluding hydrogens is 284 g/mol. The standard InChI is InChI=1S/C20H28N2O/c23-20-19-11-3-10-17(18(19)12-15-22-20)9-2-1-6-16-7-4-13-21-14-5-8-16/h3,10-12,15-16,21H,1-2,4-9,13-14H2,(H,22,23). The summed E-state index contributed by atoms with van der Waals surface area (Å²) in [6.07, 6.45) is 12.2. The number of benzene rings is 1.